The van der Waals surface area contributed by atoms with Crippen molar-refractivity contribution >= 4 is 11.7 Å². The van der Waals surface area contributed by atoms with Gasteiger partial charge in [0.2, 0.25) is 0 Å². The molecule has 0 aliphatic rings. The maximum absolute atomic E-state index is 12.2. The van der Waals surface area contributed by atoms with Gasteiger partial charge in [-0.15, -0.1) is 0 Å². The van der Waals surface area contributed by atoms with E-state index in [1.807, 2.05) is 32.0 Å². The molecule has 0 aliphatic carbocycles. The molecule has 0 radical (unpaired) electrons. The van der Waals surface area contributed by atoms with Crippen LogP contribution in [0.1, 0.15) is 40.1 Å². The average molecular weight is 267 g/mol. The minimum Gasteiger partial charge on any atom is -0.350 e. The SMILES string of the molecule is CC(C)NC(=O)c1ccc(C(=O)c2ccccc2)cc1. The summed E-state index contributed by atoms with van der Waals surface area (Å²) in [5.41, 5.74) is 1.78. The highest BCUT2D eigenvalue weighted by atomic mass is 16.1. The van der Waals surface area contributed by atoms with Gasteiger partial charge in [0, 0.05) is 22.7 Å². The van der Waals surface area contributed by atoms with E-state index in [0.717, 1.165) is 0 Å². The summed E-state index contributed by atoms with van der Waals surface area (Å²) >= 11 is 0. The number of rotatable bonds is 4. The summed E-state index contributed by atoms with van der Waals surface area (Å²) in [4.78, 5) is 24.0. The number of carbonyl (C=O) groups is 2. The van der Waals surface area contributed by atoms with E-state index >= 15 is 0 Å². The molecule has 2 rings (SSSR count). The van der Waals surface area contributed by atoms with Gasteiger partial charge in [-0.05, 0) is 26.0 Å². The van der Waals surface area contributed by atoms with Crippen molar-refractivity contribution in [3.05, 3.63) is 71.3 Å². The second kappa shape index (κ2) is 6.15. The van der Waals surface area contributed by atoms with E-state index in [1.165, 1.54) is 0 Å². The zero-order chi connectivity index (χ0) is 14.5. The van der Waals surface area contributed by atoms with Crippen molar-refractivity contribution in [2.75, 3.05) is 0 Å². The van der Waals surface area contributed by atoms with Crippen LogP contribution in [-0.4, -0.2) is 17.7 Å². The van der Waals surface area contributed by atoms with Crippen molar-refractivity contribution < 1.29 is 9.59 Å². The molecule has 0 fully saturated rings. The Hall–Kier alpha value is -2.42. The van der Waals surface area contributed by atoms with E-state index in [4.69, 9.17) is 0 Å². The molecule has 0 spiro atoms. The van der Waals surface area contributed by atoms with E-state index in [-0.39, 0.29) is 17.7 Å². The summed E-state index contributed by atoms with van der Waals surface area (Å²) < 4.78 is 0. The fraction of sp³-hybridized carbons (Fsp3) is 0.176. The van der Waals surface area contributed by atoms with Crippen LogP contribution < -0.4 is 5.32 Å². The zero-order valence-electron chi connectivity index (χ0n) is 11.6. The van der Waals surface area contributed by atoms with E-state index in [1.54, 1.807) is 36.4 Å². The molecule has 0 atom stereocenters. The van der Waals surface area contributed by atoms with Gasteiger partial charge in [0.1, 0.15) is 0 Å². The summed E-state index contributed by atoms with van der Waals surface area (Å²) in [6, 6.07) is 15.9. The molecule has 0 saturated heterocycles. The summed E-state index contributed by atoms with van der Waals surface area (Å²) in [5.74, 6) is -0.167. The number of hydrogen-bond acceptors (Lipinski definition) is 2. The van der Waals surface area contributed by atoms with E-state index in [9.17, 15) is 9.59 Å². The van der Waals surface area contributed by atoms with Gasteiger partial charge in [-0.1, -0.05) is 42.5 Å². The Bertz CT molecular complexity index is 601. The quantitative estimate of drug-likeness (QED) is 0.865. The first-order valence-electron chi connectivity index (χ1n) is 6.58. The molecule has 2 aromatic carbocycles. The Labute approximate surface area is 118 Å². The lowest BCUT2D eigenvalue weighted by Gasteiger charge is -2.08. The third-order valence-corrected chi connectivity index (χ3v) is 2.87. The molecule has 20 heavy (non-hydrogen) atoms. The molecule has 1 N–H and O–H groups in total. The van der Waals surface area contributed by atoms with E-state index < -0.39 is 0 Å². The van der Waals surface area contributed by atoms with Crippen LogP contribution in [-0.2, 0) is 0 Å². The van der Waals surface area contributed by atoms with Gasteiger partial charge in [-0.25, -0.2) is 0 Å². The topological polar surface area (TPSA) is 46.2 Å². The largest absolute Gasteiger partial charge is 0.350 e. The fourth-order valence-electron chi connectivity index (χ4n) is 1.87. The molecule has 0 heterocycles. The number of amides is 1. The lowest BCUT2D eigenvalue weighted by atomic mass is 10.0. The molecule has 102 valence electrons. The average Bonchev–Trinajstić information content (AvgIpc) is 2.47. The first-order valence-corrected chi connectivity index (χ1v) is 6.58. The number of hydrogen-bond donors (Lipinski definition) is 1. The van der Waals surface area contributed by atoms with Gasteiger partial charge in [-0.3, -0.25) is 9.59 Å². The predicted octanol–water partition coefficient (Wildman–Crippen LogP) is 3.06. The highest BCUT2D eigenvalue weighted by Crippen LogP contribution is 2.11. The maximum Gasteiger partial charge on any atom is 0.251 e. The van der Waals surface area contributed by atoms with Crippen LogP contribution in [0.4, 0.5) is 0 Å². The molecule has 2 aromatic rings. The fourth-order valence-corrected chi connectivity index (χ4v) is 1.87. The highest BCUT2D eigenvalue weighted by Gasteiger charge is 2.10. The van der Waals surface area contributed by atoms with Crippen molar-refractivity contribution in [1.82, 2.24) is 5.32 Å². The lowest BCUT2D eigenvalue weighted by molar-refractivity contribution is 0.0941. The Morgan fingerprint density at radius 2 is 1.30 bits per heavy atom. The molecule has 1 amide bonds. The summed E-state index contributed by atoms with van der Waals surface area (Å²) in [6.45, 7) is 3.82. The Morgan fingerprint density at radius 1 is 0.800 bits per heavy atom. The predicted molar refractivity (Wildman–Crippen MR) is 78.9 cm³/mol. The number of ketones is 1. The van der Waals surface area contributed by atoms with Crippen LogP contribution in [0.25, 0.3) is 0 Å². The molecular formula is C17H17NO2. The lowest BCUT2D eigenvalue weighted by Crippen LogP contribution is -2.30. The molecule has 0 unspecified atom stereocenters. The van der Waals surface area contributed by atoms with Gasteiger partial charge < -0.3 is 5.32 Å². The third-order valence-electron chi connectivity index (χ3n) is 2.87. The van der Waals surface area contributed by atoms with Crippen molar-refractivity contribution in [2.45, 2.75) is 19.9 Å². The van der Waals surface area contributed by atoms with Gasteiger partial charge >= 0.3 is 0 Å². The van der Waals surface area contributed by atoms with Crippen molar-refractivity contribution in [3.8, 4) is 0 Å². The number of benzene rings is 2. The molecule has 3 nitrogen and oxygen atoms in total. The third kappa shape index (κ3) is 3.32. The van der Waals surface area contributed by atoms with E-state index in [0.29, 0.717) is 16.7 Å². The Balaban J connectivity index is 2.16. The van der Waals surface area contributed by atoms with Crippen LogP contribution in [0.2, 0.25) is 0 Å². The van der Waals surface area contributed by atoms with Gasteiger partial charge in [0.05, 0.1) is 0 Å². The number of carbonyl (C=O) groups excluding carboxylic acids is 2. The smallest absolute Gasteiger partial charge is 0.251 e. The van der Waals surface area contributed by atoms with Crippen LogP contribution in [0, 0.1) is 0 Å². The molecule has 0 aliphatic heterocycles. The molecular weight excluding hydrogens is 250 g/mol. The van der Waals surface area contributed by atoms with Crippen LogP contribution >= 0.6 is 0 Å². The second-order valence-electron chi connectivity index (χ2n) is 4.90. The van der Waals surface area contributed by atoms with Crippen LogP contribution in [0.15, 0.2) is 54.6 Å². The summed E-state index contributed by atoms with van der Waals surface area (Å²) in [7, 11) is 0. The minimum absolute atomic E-state index is 0.0404. The first kappa shape index (κ1) is 14.0. The summed E-state index contributed by atoms with van der Waals surface area (Å²) in [5, 5.41) is 2.82. The van der Waals surface area contributed by atoms with Crippen molar-refractivity contribution in [3.63, 3.8) is 0 Å². The van der Waals surface area contributed by atoms with Crippen molar-refractivity contribution in [2.24, 2.45) is 0 Å². The molecule has 0 saturated carbocycles. The number of nitrogens with one attached hydrogen (secondary N) is 1. The first-order chi connectivity index (χ1) is 9.58. The van der Waals surface area contributed by atoms with Crippen LogP contribution in [0.5, 0.6) is 0 Å². The van der Waals surface area contributed by atoms with Gasteiger partial charge in [-0.2, -0.15) is 0 Å². The Kier molecular flexibility index (Phi) is 4.31. The monoisotopic (exact) mass is 267 g/mol. The second-order valence-corrected chi connectivity index (χ2v) is 4.90. The van der Waals surface area contributed by atoms with Crippen LogP contribution in [0.3, 0.4) is 0 Å². The zero-order valence-corrected chi connectivity index (χ0v) is 11.6. The normalized spacial score (nSPS) is 10.3. The van der Waals surface area contributed by atoms with E-state index in [2.05, 4.69) is 5.32 Å². The Morgan fingerprint density at radius 3 is 1.85 bits per heavy atom. The molecule has 3 heteroatoms. The molecule has 0 aromatic heterocycles. The molecule has 0 bridgehead atoms. The van der Waals surface area contributed by atoms with Crippen molar-refractivity contribution in [1.29, 1.82) is 0 Å². The van der Waals surface area contributed by atoms with Gasteiger partial charge in [0.25, 0.3) is 5.91 Å². The maximum atomic E-state index is 12.2. The van der Waals surface area contributed by atoms with Gasteiger partial charge in [0.15, 0.2) is 5.78 Å². The highest BCUT2D eigenvalue weighted by molar-refractivity contribution is 6.09. The summed E-state index contributed by atoms with van der Waals surface area (Å²) in [6.07, 6.45) is 0. The standard InChI is InChI=1S/C17H17NO2/c1-12(2)18-17(20)15-10-8-14(9-11-15)16(19)13-6-4-3-5-7-13/h3-12H,1-2H3,(H,18,20). The minimum atomic E-state index is -0.126.